The van der Waals surface area contributed by atoms with Crippen molar-refractivity contribution in [3.8, 4) is 5.75 Å². The molecule has 2 N–H and O–H groups in total. The van der Waals surface area contributed by atoms with Gasteiger partial charge in [-0.2, -0.15) is 0 Å². The molecule has 0 bridgehead atoms. The monoisotopic (exact) mass is 466 g/mol. The second kappa shape index (κ2) is 10.5. The number of hydrogen-bond acceptors (Lipinski definition) is 4. The lowest BCUT2D eigenvalue weighted by Gasteiger charge is -2.15. The van der Waals surface area contributed by atoms with Crippen molar-refractivity contribution in [3.05, 3.63) is 82.9 Å². The number of amides is 1. The van der Waals surface area contributed by atoms with Crippen LogP contribution >= 0.6 is 0 Å². The molecule has 0 fully saturated rings. The van der Waals surface area contributed by atoms with E-state index in [0.717, 1.165) is 40.8 Å². The van der Waals surface area contributed by atoms with Gasteiger partial charge in [-0.3, -0.25) is 9.52 Å². The fraction of sp³-hybridized carbons (Fsp3) is 0.269. The fourth-order valence-electron chi connectivity index (χ4n) is 3.46. The summed E-state index contributed by atoms with van der Waals surface area (Å²) in [5.41, 5.74) is 5.60. The lowest BCUT2D eigenvalue weighted by molar-refractivity contribution is -0.118. The van der Waals surface area contributed by atoms with Gasteiger partial charge in [0.1, 0.15) is 5.75 Å². The van der Waals surface area contributed by atoms with Crippen molar-refractivity contribution in [2.24, 2.45) is 0 Å². The Morgan fingerprint density at radius 1 is 0.879 bits per heavy atom. The van der Waals surface area contributed by atoms with Gasteiger partial charge in [-0.25, -0.2) is 8.42 Å². The standard InChI is InChI=1S/C26H30N2O4S/c1-5-20-8-7-9-21(6-2)26(20)27-25(29)17-32-23-12-14-24(15-13-23)33(30,31)28-22-11-10-18(3)19(4)16-22/h7-16,28H,5-6,17H2,1-4H3,(H,27,29). The number of ether oxygens (including phenoxy) is 1. The fourth-order valence-corrected chi connectivity index (χ4v) is 4.51. The summed E-state index contributed by atoms with van der Waals surface area (Å²) in [5.74, 6) is 0.147. The molecule has 6 nitrogen and oxygen atoms in total. The highest BCUT2D eigenvalue weighted by molar-refractivity contribution is 7.92. The highest BCUT2D eigenvalue weighted by Crippen LogP contribution is 2.23. The molecular weight excluding hydrogens is 436 g/mol. The molecule has 0 saturated heterocycles. The molecule has 0 radical (unpaired) electrons. The number of rotatable bonds is 9. The summed E-state index contributed by atoms with van der Waals surface area (Å²) in [5, 5.41) is 2.95. The summed E-state index contributed by atoms with van der Waals surface area (Å²) >= 11 is 0. The first-order valence-electron chi connectivity index (χ1n) is 11.0. The van der Waals surface area contributed by atoms with E-state index in [4.69, 9.17) is 4.74 Å². The third-order valence-electron chi connectivity index (χ3n) is 5.53. The first kappa shape index (κ1) is 24.3. The van der Waals surface area contributed by atoms with E-state index in [-0.39, 0.29) is 17.4 Å². The molecule has 0 heterocycles. The van der Waals surface area contributed by atoms with Crippen LogP contribution in [0, 0.1) is 13.8 Å². The summed E-state index contributed by atoms with van der Waals surface area (Å²) in [6.45, 7) is 7.82. The zero-order chi connectivity index (χ0) is 24.0. The van der Waals surface area contributed by atoms with E-state index < -0.39 is 10.0 Å². The zero-order valence-electron chi connectivity index (χ0n) is 19.4. The van der Waals surface area contributed by atoms with Crippen molar-refractivity contribution >= 4 is 27.3 Å². The van der Waals surface area contributed by atoms with E-state index in [2.05, 4.69) is 10.0 Å². The van der Waals surface area contributed by atoms with Gasteiger partial charge in [0.25, 0.3) is 15.9 Å². The van der Waals surface area contributed by atoms with Crippen LogP contribution in [0.3, 0.4) is 0 Å². The number of benzene rings is 3. The van der Waals surface area contributed by atoms with E-state index in [1.54, 1.807) is 24.3 Å². The number of aryl methyl sites for hydroxylation is 4. The van der Waals surface area contributed by atoms with E-state index in [0.29, 0.717) is 11.4 Å². The molecular formula is C26H30N2O4S. The number of para-hydroxylation sites is 1. The molecule has 0 aliphatic rings. The van der Waals surface area contributed by atoms with Crippen LogP contribution in [-0.2, 0) is 27.7 Å². The van der Waals surface area contributed by atoms with Gasteiger partial charge < -0.3 is 10.1 Å². The molecule has 174 valence electrons. The molecule has 0 aliphatic carbocycles. The zero-order valence-corrected chi connectivity index (χ0v) is 20.3. The van der Waals surface area contributed by atoms with Gasteiger partial charge in [0.2, 0.25) is 0 Å². The second-order valence-corrected chi connectivity index (χ2v) is 9.55. The van der Waals surface area contributed by atoms with Crippen LogP contribution in [0.5, 0.6) is 5.75 Å². The van der Waals surface area contributed by atoms with Gasteiger partial charge in [0.05, 0.1) is 4.90 Å². The smallest absolute Gasteiger partial charge is 0.262 e. The lowest BCUT2D eigenvalue weighted by atomic mass is 10.0. The third-order valence-corrected chi connectivity index (χ3v) is 6.92. The lowest BCUT2D eigenvalue weighted by Crippen LogP contribution is -2.21. The van der Waals surface area contributed by atoms with Crippen LogP contribution in [-0.4, -0.2) is 20.9 Å². The summed E-state index contributed by atoms with van der Waals surface area (Å²) in [6, 6.07) is 17.4. The summed E-state index contributed by atoms with van der Waals surface area (Å²) in [7, 11) is -3.73. The van der Waals surface area contributed by atoms with Gasteiger partial charge in [-0.1, -0.05) is 38.1 Å². The molecule has 0 spiro atoms. The van der Waals surface area contributed by atoms with Gasteiger partial charge >= 0.3 is 0 Å². The highest BCUT2D eigenvalue weighted by Gasteiger charge is 2.15. The molecule has 0 saturated carbocycles. The molecule has 7 heteroatoms. The van der Waals surface area contributed by atoms with Crippen LogP contribution in [0.2, 0.25) is 0 Å². The minimum Gasteiger partial charge on any atom is -0.484 e. The van der Waals surface area contributed by atoms with Crippen molar-refractivity contribution in [2.75, 3.05) is 16.6 Å². The van der Waals surface area contributed by atoms with Crippen LogP contribution < -0.4 is 14.8 Å². The van der Waals surface area contributed by atoms with Crippen molar-refractivity contribution in [1.82, 2.24) is 0 Å². The van der Waals surface area contributed by atoms with Crippen molar-refractivity contribution in [3.63, 3.8) is 0 Å². The maximum Gasteiger partial charge on any atom is 0.262 e. The minimum atomic E-state index is -3.73. The Labute approximate surface area is 196 Å². The predicted octanol–water partition coefficient (Wildman–Crippen LogP) is 5.25. The Hall–Kier alpha value is -3.32. The Bertz CT molecular complexity index is 1210. The van der Waals surface area contributed by atoms with Crippen LogP contribution in [0.1, 0.15) is 36.1 Å². The molecule has 3 rings (SSSR count). The molecule has 3 aromatic rings. The van der Waals surface area contributed by atoms with Crippen LogP contribution in [0.15, 0.2) is 65.6 Å². The first-order chi connectivity index (χ1) is 15.7. The Morgan fingerprint density at radius 2 is 1.52 bits per heavy atom. The van der Waals surface area contributed by atoms with E-state index >= 15 is 0 Å². The summed E-state index contributed by atoms with van der Waals surface area (Å²) in [6.07, 6.45) is 1.63. The SMILES string of the molecule is CCc1cccc(CC)c1NC(=O)COc1ccc(S(=O)(=O)Nc2ccc(C)c(C)c2)cc1. The van der Waals surface area contributed by atoms with Crippen molar-refractivity contribution in [1.29, 1.82) is 0 Å². The van der Waals surface area contributed by atoms with Gasteiger partial charge in [0.15, 0.2) is 6.61 Å². The molecule has 3 aromatic carbocycles. The molecule has 0 aromatic heterocycles. The van der Waals surface area contributed by atoms with Gasteiger partial charge in [0, 0.05) is 11.4 Å². The molecule has 0 unspecified atom stereocenters. The number of hydrogen-bond donors (Lipinski definition) is 2. The molecule has 33 heavy (non-hydrogen) atoms. The highest BCUT2D eigenvalue weighted by atomic mass is 32.2. The molecule has 0 aliphatic heterocycles. The quantitative estimate of drug-likeness (QED) is 0.451. The first-order valence-corrected chi connectivity index (χ1v) is 12.4. The van der Waals surface area contributed by atoms with E-state index in [1.165, 1.54) is 12.1 Å². The van der Waals surface area contributed by atoms with Crippen LogP contribution in [0.4, 0.5) is 11.4 Å². The number of nitrogens with one attached hydrogen (secondary N) is 2. The van der Waals surface area contributed by atoms with Crippen molar-refractivity contribution < 1.29 is 17.9 Å². The maximum atomic E-state index is 12.7. The maximum absolute atomic E-state index is 12.7. The normalized spacial score (nSPS) is 11.2. The average Bonchev–Trinajstić information content (AvgIpc) is 2.80. The number of sulfonamides is 1. The van der Waals surface area contributed by atoms with E-state index in [1.807, 2.05) is 52.0 Å². The average molecular weight is 467 g/mol. The minimum absolute atomic E-state index is 0.113. The Kier molecular flexibility index (Phi) is 7.76. The third kappa shape index (κ3) is 6.14. The Balaban J connectivity index is 1.63. The largest absolute Gasteiger partial charge is 0.484 e. The second-order valence-electron chi connectivity index (χ2n) is 7.87. The predicted molar refractivity (Wildman–Crippen MR) is 132 cm³/mol. The van der Waals surface area contributed by atoms with Crippen molar-refractivity contribution in [2.45, 2.75) is 45.4 Å². The number of carbonyl (C=O) groups excluding carboxylic acids is 1. The molecule has 0 atom stereocenters. The number of carbonyl (C=O) groups is 1. The van der Waals surface area contributed by atoms with E-state index in [9.17, 15) is 13.2 Å². The molecule has 1 amide bonds. The summed E-state index contributed by atoms with van der Waals surface area (Å²) in [4.78, 5) is 12.6. The van der Waals surface area contributed by atoms with Crippen LogP contribution in [0.25, 0.3) is 0 Å². The van der Waals surface area contributed by atoms with Gasteiger partial charge in [-0.15, -0.1) is 0 Å². The summed E-state index contributed by atoms with van der Waals surface area (Å²) < 4.78 is 33.5. The van der Waals surface area contributed by atoms with Gasteiger partial charge in [-0.05, 0) is 85.3 Å². The number of anilines is 2. The Morgan fingerprint density at radius 3 is 2.09 bits per heavy atom. The topological polar surface area (TPSA) is 84.5 Å².